The summed E-state index contributed by atoms with van der Waals surface area (Å²) in [4.78, 5) is 16.3. The van der Waals surface area contributed by atoms with Gasteiger partial charge < -0.3 is 19.9 Å². The lowest BCUT2D eigenvalue weighted by Crippen LogP contribution is -2.48. The largest absolute Gasteiger partial charge is 0.375 e. The molecule has 1 saturated heterocycles. The summed E-state index contributed by atoms with van der Waals surface area (Å²) in [5, 5.41) is 3.00. The number of carbonyl (C=O) groups excluding carboxylic acids is 1. The molecule has 1 aromatic carbocycles. The van der Waals surface area contributed by atoms with Crippen LogP contribution in [-0.4, -0.2) is 49.8 Å². The number of nitrogens with zero attached hydrogens (tertiary/aromatic N) is 2. The second-order valence-corrected chi connectivity index (χ2v) is 5.83. The van der Waals surface area contributed by atoms with Gasteiger partial charge >= 0.3 is 6.03 Å². The SMILES string of the molecule is C[C@@H]1CN(C(=O)NCc2cccc(N3CC=CC3)c2)CCO1. The van der Waals surface area contributed by atoms with E-state index in [2.05, 4.69) is 40.6 Å². The number of anilines is 1. The number of ether oxygens (including phenoxy) is 1. The molecule has 2 aliphatic heterocycles. The van der Waals surface area contributed by atoms with Gasteiger partial charge in [-0.05, 0) is 24.6 Å². The van der Waals surface area contributed by atoms with Crippen LogP contribution >= 0.6 is 0 Å². The van der Waals surface area contributed by atoms with Gasteiger partial charge in [0.05, 0.1) is 12.7 Å². The van der Waals surface area contributed by atoms with Crippen LogP contribution in [-0.2, 0) is 11.3 Å². The van der Waals surface area contributed by atoms with Crippen LogP contribution in [0, 0.1) is 0 Å². The number of urea groups is 1. The molecule has 118 valence electrons. The average Bonchev–Trinajstić information content (AvgIpc) is 3.07. The first kappa shape index (κ1) is 14.9. The van der Waals surface area contributed by atoms with Gasteiger partial charge in [0.1, 0.15) is 0 Å². The fraction of sp³-hybridized carbons (Fsp3) is 0.471. The number of nitrogens with one attached hydrogen (secondary N) is 1. The fourth-order valence-electron chi connectivity index (χ4n) is 2.84. The Hall–Kier alpha value is -2.01. The Morgan fingerprint density at radius 3 is 2.95 bits per heavy atom. The lowest BCUT2D eigenvalue weighted by atomic mass is 10.2. The van der Waals surface area contributed by atoms with E-state index in [1.165, 1.54) is 5.69 Å². The number of amides is 2. The van der Waals surface area contributed by atoms with E-state index in [0.717, 1.165) is 18.7 Å². The summed E-state index contributed by atoms with van der Waals surface area (Å²) < 4.78 is 5.46. The van der Waals surface area contributed by atoms with Crippen LogP contribution in [0.3, 0.4) is 0 Å². The number of hydrogen-bond acceptors (Lipinski definition) is 3. The Balaban J connectivity index is 1.54. The van der Waals surface area contributed by atoms with Gasteiger partial charge in [-0.1, -0.05) is 24.3 Å². The van der Waals surface area contributed by atoms with Crippen LogP contribution in [0.1, 0.15) is 12.5 Å². The predicted octanol–water partition coefficient (Wildman–Crippen LogP) is 1.99. The molecule has 0 radical (unpaired) electrons. The summed E-state index contributed by atoms with van der Waals surface area (Å²) in [6.45, 7) is 6.41. The molecule has 3 rings (SSSR count). The van der Waals surface area contributed by atoms with Crippen molar-refractivity contribution >= 4 is 11.7 Å². The van der Waals surface area contributed by atoms with Crippen LogP contribution < -0.4 is 10.2 Å². The van der Waals surface area contributed by atoms with E-state index in [4.69, 9.17) is 4.74 Å². The standard InChI is InChI=1S/C17H23N3O2/c1-14-13-20(9-10-22-14)17(21)18-12-15-5-4-6-16(11-15)19-7-2-3-8-19/h2-6,11,14H,7-10,12-13H2,1H3,(H,18,21)/t14-/m1/s1. The molecule has 2 aliphatic rings. The van der Waals surface area contributed by atoms with Crippen molar-refractivity contribution in [2.24, 2.45) is 0 Å². The molecule has 1 fully saturated rings. The zero-order chi connectivity index (χ0) is 15.4. The van der Waals surface area contributed by atoms with E-state index in [1.54, 1.807) is 0 Å². The molecule has 0 aromatic heterocycles. The summed E-state index contributed by atoms with van der Waals surface area (Å²) in [7, 11) is 0. The number of morpholine rings is 1. The van der Waals surface area contributed by atoms with Gasteiger partial charge in [-0.25, -0.2) is 4.79 Å². The van der Waals surface area contributed by atoms with Gasteiger partial charge in [0, 0.05) is 38.4 Å². The zero-order valence-corrected chi connectivity index (χ0v) is 13.0. The van der Waals surface area contributed by atoms with Gasteiger partial charge in [-0.3, -0.25) is 0 Å². The van der Waals surface area contributed by atoms with Crippen LogP contribution in [0.4, 0.5) is 10.5 Å². The van der Waals surface area contributed by atoms with Gasteiger partial charge in [0.25, 0.3) is 0 Å². The van der Waals surface area contributed by atoms with Crippen LogP contribution in [0.5, 0.6) is 0 Å². The maximum Gasteiger partial charge on any atom is 0.317 e. The van der Waals surface area contributed by atoms with E-state index in [1.807, 2.05) is 17.9 Å². The highest BCUT2D eigenvalue weighted by molar-refractivity contribution is 5.74. The molecule has 0 spiro atoms. The molecule has 5 heteroatoms. The first-order valence-corrected chi connectivity index (χ1v) is 7.85. The van der Waals surface area contributed by atoms with Gasteiger partial charge in [-0.15, -0.1) is 0 Å². The van der Waals surface area contributed by atoms with Crippen LogP contribution in [0.15, 0.2) is 36.4 Å². The minimum atomic E-state index is -0.0107. The number of carbonyl (C=O) groups is 1. The van der Waals surface area contributed by atoms with Crippen molar-refractivity contribution in [1.82, 2.24) is 10.2 Å². The smallest absolute Gasteiger partial charge is 0.317 e. The minimum Gasteiger partial charge on any atom is -0.375 e. The topological polar surface area (TPSA) is 44.8 Å². The van der Waals surface area contributed by atoms with Gasteiger partial charge in [0.2, 0.25) is 0 Å². The summed E-state index contributed by atoms with van der Waals surface area (Å²) in [6, 6.07) is 8.35. The molecule has 1 atom stereocenters. The Morgan fingerprint density at radius 1 is 1.36 bits per heavy atom. The fourth-order valence-corrected chi connectivity index (χ4v) is 2.84. The van der Waals surface area contributed by atoms with E-state index >= 15 is 0 Å². The van der Waals surface area contributed by atoms with E-state index in [9.17, 15) is 4.79 Å². The lowest BCUT2D eigenvalue weighted by molar-refractivity contribution is -0.00351. The Morgan fingerprint density at radius 2 is 2.18 bits per heavy atom. The molecule has 1 N–H and O–H groups in total. The van der Waals surface area contributed by atoms with Crippen molar-refractivity contribution in [2.45, 2.75) is 19.6 Å². The third kappa shape index (κ3) is 3.60. The second-order valence-electron chi connectivity index (χ2n) is 5.83. The Bertz CT molecular complexity index is 551. The van der Waals surface area contributed by atoms with Crippen LogP contribution in [0.2, 0.25) is 0 Å². The van der Waals surface area contributed by atoms with Crippen molar-refractivity contribution in [3.05, 3.63) is 42.0 Å². The summed E-state index contributed by atoms with van der Waals surface area (Å²) in [6.07, 6.45) is 4.47. The Labute approximate surface area is 131 Å². The van der Waals surface area contributed by atoms with Crippen LogP contribution in [0.25, 0.3) is 0 Å². The van der Waals surface area contributed by atoms with Crippen molar-refractivity contribution in [1.29, 1.82) is 0 Å². The minimum absolute atomic E-state index is 0.0107. The highest BCUT2D eigenvalue weighted by atomic mass is 16.5. The molecule has 1 aromatic rings. The summed E-state index contributed by atoms with van der Waals surface area (Å²) >= 11 is 0. The number of hydrogen-bond donors (Lipinski definition) is 1. The highest BCUT2D eigenvalue weighted by Crippen LogP contribution is 2.18. The first-order valence-electron chi connectivity index (χ1n) is 7.85. The predicted molar refractivity (Wildman–Crippen MR) is 87.0 cm³/mol. The van der Waals surface area contributed by atoms with E-state index in [-0.39, 0.29) is 12.1 Å². The maximum absolute atomic E-state index is 12.2. The normalized spacial score (nSPS) is 21.2. The molecule has 2 heterocycles. The lowest BCUT2D eigenvalue weighted by Gasteiger charge is -2.31. The van der Waals surface area contributed by atoms with Gasteiger partial charge in [0.15, 0.2) is 0 Å². The summed E-state index contributed by atoms with van der Waals surface area (Å²) in [5.74, 6) is 0. The maximum atomic E-state index is 12.2. The second kappa shape index (κ2) is 6.83. The third-order valence-electron chi connectivity index (χ3n) is 4.07. The van der Waals surface area contributed by atoms with Crippen molar-refractivity contribution in [2.75, 3.05) is 37.7 Å². The molecule has 22 heavy (non-hydrogen) atoms. The average molecular weight is 301 g/mol. The number of rotatable bonds is 3. The molecular weight excluding hydrogens is 278 g/mol. The first-order chi connectivity index (χ1) is 10.7. The highest BCUT2D eigenvalue weighted by Gasteiger charge is 2.20. The van der Waals surface area contributed by atoms with E-state index in [0.29, 0.717) is 26.2 Å². The summed E-state index contributed by atoms with van der Waals surface area (Å²) in [5.41, 5.74) is 2.33. The van der Waals surface area contributed by atoms with Gasteiger partial charge in [-0.2, -0.15) is 0 Å². The third-order valence-corrected chi connectivity index (χ3v) is 4.07. The molecule has 0 bridgehead atoms. The quantitative estimate of drug-likeness (QED) is 0.869. The molecule has 5 nitrogen and oxygen atoms in total. The van der Waals surface area contributed by atoms with Crippen molar-refractivity contribution in [3.63, 3.8) is 0 Å². The zero-order valence-electron chi connectivity index (χ0n) is 13.0. The molecule has 0 saturated carbocycles. The Kier molecular flexibility index (Phi) is 4.63. The van der Waals surface area contributed by atoms with Crippen molar-refractivity contribution in [3.8, 4) is 0 Å². The molecule has 2 amide bonds. The number of benzene rings is 1. The molecule has 0 unspecified atom stereocenters. The molecular formula is C17H23N3O2. The molecule has 0 aliphatic carbocycles. The monoisotopic (exact) mass is 301 g/mol. The van der Waals surface area contributed by atoms with Crippen molar-refractivity contribution < 1.29 is 9.53 Å². The van der Waals surface area contributed by atoms with E-state index < -0.39 is 0 Å².